The van der Waals surface area contributed by atoms with Crippen LogP contribution in [-0.4, -0.2) is 49.6 Å². The number of hydrogen-bond donors (Lipinski definition) is 2. The molecule has 152 valence electrons. The van der Waals surface area contributed by atoms with Crippen molar-refractivity contribution in [3.63, 3.8) is 0 Å². The summed E-state index contributed by atoms with van der Waals surface area (Å²) in [6.45, 7) is 0.308. The molecule has 0 aliphatic heterocycles. The van der Waals surface area contributed by atoms with Crippen LogP contribution in [0, 0.1) is 0 Å². The largest absolute Gasteiger partial charge is 0.379 e. The van der Waals surface area contributed by atoms with E-state index in [4.69, 9.17) is 0 Å². The van der Waals surface area contributed by atoms with Crippen LogP contribution in [-0.2, 0) is 16.6 Å². The Kier molecular flexibility index (Phi) is 6.00. The maximum Gasteiger partial charge on any atom is 0.254 e. The molecular weight excluding hydrogens is 390 g/mol. The van der Waals surface area contributed by atoms with Crippen LogP contribution < -0.4 is 10.6 Å². The van der Waals surface area contributed by atoms with Crippen LogP contribution >= 0.6 is 0 Å². The third-order valence-electron chi connectivity index (χ3n) is 4.38. The summed E-state index contributed by atoms with van der Waals surface area (Å²) < 4.78 is 27.2. The highest BCUT2D eigenvalue weighted by Gasteiger charge is 2.18. The van der Waals surface area contributed by atoms with Gasteiger partial charge < -0.3 is 10.6 Å². The smallest absolute Gasteiger partial charge is 0.254 e. The first-order valence-electron chi connectivity index (χ1n) is 8.95. The number of anilines is 1. The standard InChI is InChI=1S/C20H23N5O3S/c1-21-20(26)18-14-25(16-7-5-4-6-8-16)23-19(18)13-22-15-9-11-17(12-10-15)29(27,28)24(2)3/h4-12,14,22H,13H2,1-3H3,(H,21,26). The molecule has 3 aromatic rings. The van der Waals surface area contributed by atoms with Crippen molar-refractivity contribution in [2.75, 3.05) is 26.5 Å². The number of aromatic nitrogens is 2. The molecule has 0 bridgehead atoms. The van der Waals surface area contributed by atoms with Crippen molar-refractivity contribution < 1.29 is 13.2 Å². The van der Waals surface area contributed by atoms with Gasteiger partial charge in [0, 0.05) is 33.0 Å². The van der Waals surface area contributed by atoms with Gasteiger partial charge in [0.1, 0.15) is 0 Å². The van der Waals surface area contributed by atoms with E-state index in [1.165, 1.54) is 18.4 Å². The predicted molar refractivity (Wildman–Crippen MR) is 112 cm³/mol. The van der Waals surface area contributed by atoms with Crippen LogP contribution in [0.25, 0.3) is 5.69 Å². The minimum atomic E-state index is -3.47. The number of benzene rings is 2. The summed E-state index contributed by atoms with van der Waals surface area (Å²) in [5.41, 5.74) is 2.62. The number of carbonyl (C=O) groups excluding carboxylic acids is 1. The summed E-state index contributed by atoms with van der Waals surface area (Å²) in [5.74, 6) is -0.226. The van der Waals surface area contributed by atoms with E-state index in [0.29, 0.717) is 17.8 Å². The van der Waals surface area contributed by atoms with Gasteiger partial charge >= 0.3 is 0 Å². The van der Waals surface area contributed by atoms with Gasteiger partial charge in [-0.3, -0.25) is 4.79 Å². The van der Waals surface area contributed by atoms with Crippen LogP contribution in [0.2, 0.25) is 0 Å². The fourth-order valence-electron chi connectivity index (χ4n) is 2.72. The summed E-state index contributed by atoms with van der Waals surface area (Å²) in [6.07, 6.45) is 1.69. The van der Waals surface area contributed by atoms with E-state index in [1.807, 2.05) is 30.3 Å². The Balaban J connectivity index is 1.81. The number of rotatable bonds is 7. The quantitative estimate of drug-likeness (QED) is 0.618. The summed E-state index contributed by atoms with van der Waals surface area (Å²) in [7, 11) is 1.08. The second-order valence-electron chi connectivity index (χ2n) is 6.51. The fraction of sp³-hybridized carbons (Fsp3) is 0.200. The molecule has 9 heteroatoms. The zero-order valence-corrected chi connectivity index (χ0v) is 17.3. The molecule has 1 aromatic heterocycles. The highest BCUT2D eigenvalue weighted by molar-refractivity contribution is 7.89. The SMILES string of the molecule is CNC(=O)c1cn(-c2ccccc2)nc1CNc1ccc(S(=O)(=O)N(C)C)cc1. The maximum absolute atomic E-state index is 12.2. The molecule has 8 nitrogen and oxygen atoms in total. The Morgan fingerprint density at radius 3 is 2.31 bits per heavy atom. The summed E-state index contributed by atoms with van der Waals surface area (Å²) in [6, 6.07) is 16.0. The Labute approximate surface area is 170 Å². The Morgan fingerprint density at radius 2 is 1.72 bits per heavy atom. The van der Waals surface area contributed by atoms with E-state index >= 15 is 0 Å². The molecule has 1 heterocycles. The lowest BCUT2D eigenvalue weighted by Gasteiger charge is -2.12. The molecule has 2 aromatic carbocycles. The molecule has 0 radical (unpaired) electrons. The van der Waals surface area contributed by atoms with Crippen LogP contribution in [0.4, 0.5) is 5.69 Å². The van der Waals surface area contributed by atoms with E-state index in [2.05, 4.69) is 15.7 Å². The van der Waals surface area contributed by atoms with Crippen molar-refractivity contribution in [2.45, 2.75) is 11.4 Å². The van der Waals surface area contributed by atoms with E-state index in [9.17, 15) is 13.2 Å². The monoisotopic (exact) mass is 413 g/mol. The van der Waals surface area contributed by atoms with Crippen molar-refractivity contribution in [1.29, 1.82) is 0 Å². The molecule has 0 saturated heterocycles. The van der Waals surface area contributed by atoms with Gasteiger partial charge in [0.2, 0.25) is 10.0 Å². The van der Waals surface area contributed by atoms with Gasteiger partial charge in [-0.25, -0.2) is 17.4 Å². The molecule has 0 unspecified atom stereocenters. The Bertz CT molecular complexity index is 1090. The lowest BCUT2D eigenvalue weighted by atomic mass is 10.2. The minimum Gasteiger partial charge on any atom is -0.379 e. The van der Waals surface area contributed by atoms with E-state index in [-0.39, 0.29) is 10.8 Å². The highest BCUT2D eigenvalue weighted by atomic mass is 32.2. The summed E-state index contributed by atoms with van der Waals surface area (Å²) in [4.78, 5) is 12.5. The van der Waals surface area contributed by atoms with Gasteiger partial charge in [0.15, 0.2) is 0 Å². The molecule has 0 atom stereocenters. The molecular formula is C20H23N5O3S. The molecule has 0 aliphatic carbocycles. The van der Waals surface area contributed by atoms with E-state index < -0.39 is 10.0 Å². The van der Waals surface area contributed by atoms with Gasteiger partial charge in [-0.1, -0.05) is 18.2 Å². The van der Waals surface area contributed by atoms with Gasteiger partial charge in [0.25, 0.3) is 5.91 Å². The molecule has 29 heavy (non-hydrogen) atoms. The molecule has 0 fully saturated rings. The zero-order chi connectivity index (χ0) is 21.0. The topological polar surface area (TPSA) is 96.3 Å². The minimum absolute atomic E-state index is 0.215. The van der Waals surface area contributed by atoms with Crippen LogP contribution in [0.5, 0.6) is 0 Å². The number of nitrogens with zero attached hydrogens (tertiary/aromatic N) is 3. The van der Waals surface area contributed by atoms with Gasteiger partial charge in [0.05, 0.1) is 28.4 Å². The van der Waals surface area contributed by atoms with Gasteiger partial charge in [-0.15, -0.1) is 0 Å². The number of para-hydroxylation sites is 1. The number of nitrogens with one attached hydrogen (secondary N) is 2. The molecule has 0 spiro atoms. The van der Waals surface area contributed by atoms with Gasteiger partial charge in [-0.2, -0.15) is 5.10 Å². The van der Waals surface area contributed by atoms with Crippen molar-refractivity contribution in [1.82, 2.24) is 19.4 Å². The van der Waals surface area contributed by atoms with Gasteiger partial charge in [-0.05, 0) is 36.4 Å². The second-order valence-corrected chi connectivity index (χ2v) is 8.67. The molecule has 3 rings (SSSR count). The third-order valence-corrected chi connectivity index (χ3v) is 6.21. The van der Waals surface area contributed by atoms with E-state index in [1.54, 1.807) is 42.2 Å². The van der Waals surface area contributed by atoms with E-state index in [0.717, 1.165) is 11.4 Å². The highest BCUT2D eigenvalue weighted by Crippen LogP contribution is 2.18. The summed E-state index contributed by atoms with van der Waals surface area (Å²) in [5, 5.41) is 10.4. The predicted octanol–water partition coefficient (Wildman–Crippen LogP) is 2.09. The molecule has 2 N–H and O–H groups in total. The third kappa shape index (κ3) is 4.47. The maximum atomic E-state index is 12.2. The first-order chi connectivity index (χ1) is 13.8. The average Bonchev–Trinajstić information content (AvgIpc) is 3.17. The van der Waals surface area contributed by atoms with Crippen molar-refractivity contribution in [3.05, 3.63) is 72.1 Å². The number of amides is 1. The number of sulfonamides is 1. The van der Waals surface area contributed by atoms with Crippen molar-refractivity contribution in [2.24, 2.45) is 0 Å². The normalized spacial score (nSPS) is 11.4. The molecule has 1 amide bonds. The van der Waals surface area contributed by atoms with Crippen molar-refractivity contribution >= 4 is 21.6 Å². The average molecular weight is 414 g/mol. The molecule has 0 saturated carbocycles. The fourth-order valence-corrected chi connectivity index (χ4v) is 3.62. The van der Waals surface area contributed by atoms with Crippen LogP contribution in [0.3, 0.4) is 0 Å². The zero-order valence-electron chi connectivity index (χ0n) is 16.5. The van der Waals surface area contributed by atoms with Crippen LogP contribution in [0.1, 0.15) is 16.1 Å². The Morgan fingerprint density at radius 1 is 1.07 bits per heavy atom. The first kappa shape index (κ1) is 20.6. The number of carbonyl (C=O) groups is 1. The van der Waals surface area contributed by atoms with Crippen LogP contribution in [0.15, 0.2) is 65.7 Å². The summed E-state index contributed by atoms with van der Waals surface area (Å²) >= 11 is 0. The first-order valence-corrected chi connectivity index (χ1v) is 10.4. The second kappa shape index (κ2) is 8.46. The van der Waals surface area contributed by atoms with Crippen molar-refractivity contribution in [3.8, 4) is 5.69 Å². The Hall–Kier alpha value is -3.17. The molecule has 0 aliphatic rings. The lowest BCUT2D eigenvalue weighted by molar-refractivity contribution is 0.0962. The number of hydrogen-bond acceptors (Lipinski definition) is 5. The lowest BCUT2D eigenvalue weighted by Crippen LogP contribution is -2.22.